The summed E-state index contributed by atoms with van der Waals surface area (Å²) in [6.45, 7) is 2.26. The summed E-state index contributed by atoms with van der Waals surface area (Å²) < 4.78 is 0. The van der Waals surface area contributed by atoms with Crippen molar-refractivity contribution in [2.24, 2.45) is 0 Å². The largest absolute Gasteiger partial charge is 0.510 e. The van der Waals surface area contributed by atoms with Gasteiger partial charge in [-0.3, -0.25) is 0 Å². The van der Waals surface area contributed by atoms with Crippen LogP contribution in [0.1, 0.15) is 0 Å². The molecule has 0 radical (unpaired) electrons. The fraction of sp³-hybridized carbons (Fsp3) is 0.667. The van der Waals surface area contributed by atoms with Crippen molar-refractivity contribution >= 4 is 0 Å². The van der Waals surface area contributed by atoms with E-state index in [1.807, 2.05) is 0 Å². The number of rotatable bonds is 4. The van der Waals surface area contributed by atoms with Crippen LogP contribution >= 0.6 is 0 Å². The summed E-state index contributed by atoms with van der Waals surface area (Å²) in [5, 5.41) is 43.3. The first-order chi connectivity index (χ1) is 5.00. The van der Waals surface area contributed by atoms with E-state index in [1.165, 1.54) is 0 Å². The molecule has 0 heterocycles. The Morgan fingerprint density at radius 2 is 1.73 bits per heavy atom. The maximum Gasteiger partial charge on any atom is 0.139 e. The molecule has 5 nitrogen and oxygen atoms in total. The van der Waals surface area contributed by atoms with Crippen LogP contribution in [0.2, 0.25) is 0 Å². The highest BCUT2D eigenvalue weighted by molar-refractivity contribution is 4.95. The molecule has 11 heavy (non-hydrogen) atoms. The van der Waals surface area contributed by atoms with Crippen molar-refractivity contribution in [2.45, 2.75) is 18.3 Å². The van der Waals surface area contributed by atoms with E-state index in [1.54, 1.807) is 0 Å². The molecule has 0 unspecified atom stereocenters. The average Bonchev–Trinajstić information content (AvgIpc) is 2.00. The van der Waals surface area contributed by atoms with E-state index in [4.69, 9.17) is 25.5 Å². The minimum Gasteiger partial charge on any atom is -0.510 e. The topological polar surface area (TPSA) is 101 Å². The van der Waals surface area contributed by atoms with Gasteiger partial charge in [0.25, 0.3) is 0 Å². The molecule has 0 bridgehead atoms. The summed E-state index contributed by atoms with van der Waals surface area (Å²) >= 11 is 0. The van der Waals surface area contributed by atoms with Gasteiger partial charge in [0.1, 0.15) is 24.1 Å². The lowest BCUT2D eigenvalue weighted by atomic mass is 10.1. The first-order valence-corrected chi connectivity index (χ1v) is 3.03. The monoisotopic (exact) mass is 164 g/mol. The first kappa shape index (κ1) is 10.4. The van der Waals surface area contributed by atoms with Gasteiger partial charge in [-0.1, -0.05) is 6.58 Å². The summed E-state index contributed by atoms with van der Waals surface area (Å²) in [6.07, 6.45) is -4.72. The molecule has 0 aliphatic rings. The van der Waals surface area contributed by atoms with Crippen LogP contribution in [0.25, 0.3) is 0 Å². The third kappa shape index (κ3) is 2.85. The molecule has 5 N–H and O–H groups in total. The molecule has 5 heteroatoms. The molecular formula is C6H12O5. The third-order valence-corrected chi connectivity index (χ3v) is 1.25. The molecule has 0 aromatic rings. The molecule has 0 rings (SSSR count). The molecule has 0 aromatic carbocycles. The predicted molar refractivity (Wildman–Crippen MR) is 36.9 cm³/mol. The summed E-state index contributed by atoms with van der Waals surface area (Å²) in [7, 11) is 0. The number of aliphatic hydroxyl groups excluding tert-OH is 5. The molecule has 0 aliphatic carbocycles. The van der Waals surface area contributed by atoms with Crippen molar-refractivity contribution in [3.8, 4) is 0 Å². The Labute approximate surface area is 63.8 Å². The van der Waals surface area contributed by atoms with Crippen molar-refractivity contribution in [2.75, 3.05) is 6.61 Å². The molecule has 0 amide bonds. The Balaban J connectivity index is 4.00. The molecule has 0 spiro atoms. The lowest BCUT2D eigenvalue weighted by Gasteiger charge is -2.20. The van der Waals surface area contributed by atoms with Crippen LogP contribution in [0.15, 0.2) is 12.3 Å². The molecular weight excluding hydrogens is 152 g/mol. The number of aliphatic hydroxyl groups is 5. The van der Waals surface area contributed by atoms with Gasteiger partial charge in [0.2, 0.25) is 0 Å². The minimum atomic E-state index is -1.63. The fourth-order valence-electron chi connectivity index (χ4n) is 0.516. The van der Waals surface area contributed by atoms with E-state index in [0.29, 0.717) is 0 Å². The van der Waals surface area contributed by atoms with Gasteiger partial charge in [0, 0.05) is 0 Å². The second-order valence-electron chi connectivity index (χ2n) is 2.18. The maximum absolute atomic E-state index is 8.88. The maximum atomic E-state index is 8.88. The van der Waals surface area contributed by atoms with Crippen LogP contribution in [0.5, 0.6) is 0 Å². The van der Waals surface area contributed by atoms with E-state index in [-0.39, 0.29) is 0 Å². The van der Waals surface area contributed by atoms with E-state index in [2.05, 4.69) is 6.58 Å². The molecule has 0 aliphatic heterocycles. The van der Waals surface area contributed by atoms with Crippen LogP contribution in [0.3, 0.4) is 0 Å². The molecule has 0 saturated heterocycles. The van der Waals surface area contributed by atoms with Crippen LogP contribution < -0.4 is 0 Å². The first-order valence-electron chi connectivity index (χ1n) is 3.03. The van der Waals surface area contributed by atoms with Crippen molar-refractivity contribution in [1.29, 1.82) is 0 Å². The zero-order chi connectivity index (χ0) is 9.02. The highest BCUT2D eigenvalue weighted by Gasteiger charge is 2.25. The summed E-state index contributed by atoms with van der Waals surface area (Å²) in [5.74, 6) is -0.648. The second-order valence-corrected chi connectivity index (χ2v) is 2.18. The highest BCUT2D eigenvalue weighted by atomic mass is 16.4. The Morgan fingerprint density at radius 1 is 1.27 bits per heavy atom. The van der Waals surface area contributed by atoms with Gasteiger partial charge in [0.15, 0.2) is 0 Å². The molecule has 66 valence electrons. The van der Waals surface area contributed by atoms with E-state index < -0.39 is 30.7 Å². The Hall–Kier alpha value is -0.620. The van der Waals surface area contributed by atoms with Gasteiger partial charge in [0.05, 0.1) is 6.61 Å². The minimum absolute atomic E-state index is 0.648. The van der Waals surface area contributed by atoms with Gasteiger partial charge < -0.3 is 25.5 Å². The standard InChI is InChI=1S/C6H12O5/c1-3(8)5(10)6(11)4(9)2-7/h4-11H,1-2H2/t4-,5+,6+/m1/s1. The Bertz CT molecular complexity index is 135. The van der Waals surface area contributed by atoms with Crippen LogP contribution in [-0.4, -0.2) is 50.5 Å². The SMILES string of the molecule is C=C(O)[C@H](O)[C@@H](O)[C@H](O)CO. The van der Waals surface area contributed by atoms with Gasteiger partial charge >= 0.3 is 0 Å². The average molecular weight is 164 g/mol. The van der Waals surface area contributed by atoms with E-state index in [9.17, 15) is 0 Å². The fourth-order valence-corrected chi connectivity index (χ4v) is 0.516. The van der Waals surface area contributed by atoms with Crippen LogP contribution in [0, 0.1) is 0 Å². The molecule has 3 atom stereocenters. The molecule has 0 saturated carbocycles. The number of hydrogen-bond acceptors (Lipinski definition) is 5. The van der Waals surface area contributed by atoms with Gasteiger partial charge in [-0.25, -0.2) is 0 Å². The zero-order valence-electron chi connectivity index (χ0n) is 5.88. The Morgan fingerprint density at radius 3 is 2.00 bits per heavy atom. The van der Waals surface area contributed by atoms with Crippen LogP contribution in [0.4, 0.5) is 0 Å². The predicted octanol–water partition coefficient (Wildman–Crippen LogP) is -1.87. The Kier molecular flexibility index (Phi) is 4.06. The third-order valence-electron chi connectivity index (χ3n) is 1.25. The van der Waals surface area contributed by atoms with Gasteiger partial charge in [-0.05, 0) is 0 Å². The smallest absolute Gasteiger partial charge is 0.139 e. The lowest BCUT2D eigenvalue weighted by molar-refractivity contribution is -0.0738. The van der Waals surface area contributed by atoms with Crippen molar-refractivity contribution in [3.05, 3.63) is 12.3 Å². The van der Waals surface area contributed by atoms with Crippen molar-refractivity contribution in [3.63, 3.8) is 0 Å². The highest BCUT2D eigenvalue weighted by Crippen LogP contribution is 2.05. The quantitative estimate of drug-likeness (QED) is 0.313. The van der Waals surface area contributed by atoms with E-state index in [0.717, 1.165) is 0 Å². The summed E-state index contributed by atoms with van der Waals surface area (Å²) in [4.78, 5) is 0. The van der Waals surface area contributed by atoms with Gasteiger partial charge in [-0.2, -0.15) is 0 Å². The lowest BCUT2D eigenvalue weighted by Crippen LogP contribution is -2.40. The van der Waals surface area contributed by atoms with Crippen molar-refractivity contribution in [1.82, 2.24) is 0 Å². The molecule has 0 aromatic heterocycles. The summed E-state index contributed by atoms with van der Waals surface area (Å²) in [5.41, 5.74) is 0. The van der Waals surface area contributed by atoms with Crippen molar-refractivity contribution < 1.29 is 25.5 Å². The second kappa shape index (κ2) is 4.30. The normalized spacial score (nSPS) is 18.9. The zero-order valence-corrected chi connectivity index (χ0v) is 5.88. The number of hydrogen-bond donors (Lipinski definition) is 5. The van der Waals surface area contributed by atoms with E-state index >= 15 is 0 Å². The molecule has 0 fully saturated rings. The van der Waals surface area contributed by atoms with Gasteiger partial charge in [-0.15, -0.1) is 0 Å². The van der Waals surface area contributed by atoms with Crippen LogP contribution in [-0.2, 0) is 0 Å². The summed E-state index contributed by atoms with van der Waals surface area (Å²) in [6, 6.07) is 0.